The average molecular weight is 468 g/mol. The van der Waals surface area contributed by atoms with Crippen molar-refractivity contribution in [2.45, 2.75) is 18.4 Å². The highest BCUT2D eigenvalue weighted by atomic mass is 32.2. The second-order valence-corrected chi connectivity index (χ2v) is 8.81. The molecule has 31 heavy (non-hydrogen) atoms. The molecule has 0 saturated carbocycles. The van der Waals surface area contributed by atoms with E-state index in [9.17, 15) is 27.1 Å². The minimum Gasteiger partial charge on any atom is -0.771 e. The van der Waals surface area contributed by atoms with E-state index in [1.54, 1.807) is 24.3 Å². The molecule has 2 N–H and O–H groups in total. The van der Waals surface area contributed by atoms with Crippen LogP contribution in [0.3, 0.4) is 0 Å². The maximum atomic E-state index is 13.3. The second-order valence-electron chi connectivity index (χ2n) is 6.44. The zero-order valence-corrected chi connectivity index (χ0v) is 18.2. The van der Waals surface area contributed by atoms with Crippen LogP contribution in [0.15, 0.2) is 47.4 Å². The van der Waals surface area contributed by atoms with Crippen LogP contribution in [0, 0.1) is 6.92 Å². The molecule has 166 valence electrons. The predicted molar refractivity (Wildman–Crippen MR) is 113 cm³/mol. The van der Waals surface area contributed by atoms with E-state index in [4.69, 9.17) is 8.92 Å². The number of carboxylic acid groups (broad SMARTS) is 1. The van der Waals surface area contributed by atoms with Crippen LogP contribution in [0.4, 0.5) is 5.69 Å². The van der Waals surface area contributed by atoms with Crippen molar-refractivity contribution in [2.24, 2.45) is 0 Å². The van der Waals surface area contributed by atoms with Gasteiger partial charge in [-0.15, -0.1) is 0 Å². The fraction of sp³-hybridized carbons (Fsp3) is 0.211. The van der Waals surface area contributed by atoms with Gasteiger partial charge in [0.2, 0.25) is 0 Å². The number of aromatic nitrogens is 1. The number of anilines is 1. The topological polar surface area (TPSA) is 147 Å². The van der Waals surface area contributed by atoms with Crippen molar-refractivity contribution in [2.75, 3.05) is 18.3 Å². The molecule has 0 spiro atoms. The van der Waals surface area contributed by atoms with Crippen LogP contribution in [0.5, 0.6) is 11.5 Å². The van der Waals surface area contributed by atoms with Gasteiger partial charge in [-0.2, -0.15) is 8.42 Å². The molecule has 3 aromatic rings. The molecule has 1 aromatic heterocycles. The molecule has 0 amide bonds. The van der Waals surface area contributed by atoms with Crippen LogP contribution in [-0.2, 0) is 32.5 Å². The third-order valence-electron chi connectivity index (χ3n) is 4.46. The standard InChI is InChI=1S/C19H20N2O8S2/c1-12-19(31(26,27)29-14-6-3-5-13(9-14)28-2)18-15(20-11-30(24)25)7-4-8-16(18)21(12)10-17(22)23/h3-9,20H,10-11H2,1-2H3,(H,22,23)(H,24,25)/p-1. The number of carbonyl (C=O) groups is 1. The Labute approximate surface area is 180 Å². The minimum atomic E-state index is -4.43. The summed E-state index contributed by atoms with van der Waals surface area (Å²) >= 11 is -2.44. The van der Waals surface area contributed by atoms with Gasteiger partial charge in [-0.1, -0.05) is 12.1 Å². The van der Waals surface area contributed by atoms with E-state index >= 15 is 0 Å². The quantitative estimate of drug-likeness (QED) is 0.356. The van der Waals surface area contributed by atoms with Crippen molar-refractivity contribution in [3.05, 3.63) is 48.2 Å². The summed E-state index contributed by atoms with van der Waals surface area (Å²) in [4.78, 5) is 11.1. The molecule has 0 radical (unpaired) electrons. The lowest BCUT2D eigenvalue weighted by Crippen LogP contribution is -2.14. The van der Waals surface area contributed by atoms with E-state index in [0.29, 0.717) is 11.3 Å². The molecular formula is C19H19N2O8S2-. The Morgan fingerprint density at radius 3 is 2.55 bits per heavy atom. The summed E-state index contributed by atoms with van der Waals surface area (Å²) in [7, 11) is -3.01. The molecule has 0 aliphatic heterocycles. The molecule has 2 aromatic carbocycles. The Morgan fingerprint density at radius 1 is 1.23 bits per heavy atom. The third-order valence-corrected chi connectivity index (χ3v) is 6.26. The number of aliphatic carboxylic acids is 1. The Bertz CT molecular complexity index is 1270. The summed E-state index contributed by atoms with van der Waals surface area (Å²) in [6.45, 7) is 0.967. The lowest BCUT2D eigenvalue weighted by Gasteiger charge is -2.12. The van der Waals surface area contributed by atoms with Gasteiger partial charge in [0, 0.05) is 22.8 Å². The monoisotopic (exact) mass is 467 g/mol. The Morgan fingerprint density at radius 2 is 1.90 bits per heavy atom. The maximum absolute atomic E-state index is 13.3. The molecule has 1 unspecified atom stereocenters. The van der Waals surface area contributed by atoms with Crippen molar-refractivity contribution >= 4 is 43.8 Å². The average Bonchev–Trinajstić information content (AvgIpc) is 2.98. The number of hydrogen-bond donors (Lipinski definition) is 2. The first-order chi connectivity index (χ1) is 14.6. The van der Waals surface area contributed by atoms with Crippen LogP contribution in [0.2, 0.25) is 0 Å². The van der Waals surface area contributed by atoms with Crippen LogP contribution in [-0.4, -0.2) is 45.8 Å². The number of carboxylic acids is 1. The molecule has 3 rings (SSSR count). The van der Waals surface area contributed by atoms with Gasteiger partial charge in [0.1, 0.15) is 22.9 Å². The zero-order valence-electron chi connectivity index (χ0n) is 16.5. The first-order valence-corrected chi connectivity index (χ1v) is 11.5. The maximum Gasteiger partial charge on any atom is 0.341 e. The molecule has 1 atom stereocenters. The Hall–Kier alpha value is -3.09. The van der Waals surface area contributed by atoms with Crippen molar-refractivity contribution in [3.8, 4) is 11.5 Å². The molecule has 0 fully saturated rings. The first-order valence-electron chi connectivity index (χ1n) is 8.86. The number of nitrogens with one attached hydrogen (secondary N) is 1. The summed E-state index contributed by atoms with van der Waals surface area (Å²) in [5, 5.41) is 12.1. The largest absolute Gasteiger partial charge is 0.771 e. The number of ether oxygens (including phenoxy) is 1. The molecule has 0 saturated heterocycles. The summed E-state index contributed by atoms with van der Waals surface area (Å²) in [5.74, 6) is -1.24. The smallest absolute Gasteiger partial charge is 0.341 e. The molecule has 10 nitrogen and oxygen atoms in total. The minimum absolute atomic E-state index is 0.00369. The number of hydrogen-bond acceptors (Lipinski definition) is 8. The van der Waals surface area contributed by atoms with E-state index in [-0.39, 0.29) is 27.4 Å². The number of methoxy groups -OCH3 is 1. The molecule has 1 heterocycles. The first kappa shape index (κ1) is 22.6. The van der Waals surface area contributed by atoms with Crippen LogP contribution in [0.1, 0.15) is 5.69 Å². The highest BCUT2D eigenvalue weighted by Crippen LogP contribution is 2.37. The van der Waals surface area contributed by atoms with Gasteiger partial charge in [0.05, 0.1) is 18.5 Å². The van der Waals surface area contributed by atoms with Crippen LogP contribution < -0.4 is 14.2 Å². The van der Waals surface area contributed by atoms with Gasteiger partial charge in [0.15, 0.2) is 0 Å². The van der Waals surface area contributed by atoms with Gasteiger partial charge in [-0.05, 0) is 42.3 Å². The molecule has 12 heteroatoms. The van der Waals surface area contributed by atoms with Gasteiger partial charge in [-0.3, -0.25) is 9.00 Å². The highest BCUT2D eigenvalue weighted by molar-refractivity contribution is 7.87. The summed E-state index contributed by atoms with van der Waals surface area (Å²) < 4.78 is 60.2. The molecule has 0 aliphatic carbocycles. The van der Waals surface area contributed by atoms with Crippen molar-refractivity contribution in [1.82, 2.24) is 4.57 Å². The van der Waals surface area contributed by atoms with E-state index in [1.165, 1.54) is 36.8 Å². The fourth-order valence-corrected chi connectivity index (χ4v) is 4.89. The molecule has 0 bridgehead atoms. The van der Waals surface area contributed by atoms with Gasteiger partial charge in [-0.25, -0.2) is 0 Å². The second kappa shape index (κ2) is 8.96. The van der Waals surface area contributed by atoms with E-state index in [2.05, 4.69) is 5.32 Å². The SMILES string of the molecule is COc1cccc(OS(=O)(=O)c2c(C)n(CC(=O)O)c3cccc(NCS(=O)[O-])c23)c1. The van der Waals surface area contributed by atoms with Crippen molar-refractivity contribution in [1.29, 1.82) is 0 Å². The van der Waals surface area contributed by atoms with Gasteiger partial charge < -0.3 is 28.5 Å². The number of rotatable bonds is 9. The number of nitrogens with zero attached hydrogens (tertiary/aromatic N) is 1. The van der Waals surface area contributed by atoms with Crippen LogP contribution >= 0.6 is 0 Å². The number of fused-ring (bicyclic) bond motifs is 1. The Balaban J connectivity index is 2.22. The highest BCUT2D eigenvalue weighted by Gasteiger charge is 2.29. The van der Waals surface area contributed by atoms with E-state index in [1.807, 2.05) is 0 Å². The zero-order chi connectivity index (χ0) is 22.8. The van der Waals surface area contributed by atoms with E-state index < -0.39 is 39.6 Å². The van der Waals surface area contributed by atoms with Crippen molar-refractivity contribution in [3.63, 3.8) is 0 Å². The summed E-state index contributed by atoms with van der Waals surface area (Å²) in [5.41, 5.74) is 0.647. The third kappa shape index (κ3) is 4.81. The lowest BCUT2D eigenvalue weighted by atomic mass is 10.2. The van der Waals surface area contributed by atoms with Crippen molar-refractivity contribution < 1.29 is 36.0 Å². The fourth-order valence-electron chi connectivity index (χ4n) is 3.24. The van der Waals surface area contributed by atoms with E-state index in [0.717, 1.165) is 0 Å². The predicted octanol–water partition coefficient (Wildman–Crippen LogP) is 2.06. The summed E-state index contributed by atoms with van der Waals surface area (Å²) in [6.07, 6.45) is 0. The molecule has 0 aliphatic rings. The van der Waals surface area contributed by atoms with Crippen LogP contribution in [0.25, 0.3) is 10.9 Å². The number of benzene rings is 2. The summed E-state index contributed by atoms with van der Waals surface area (Å²) in [6, 6.07) is 10.6. The Kier molecular flexibility index (Phi) is 6.53. The lowest BCUT2D eigenvalue weighted by molar-refractivity contribution is -0.137. The van der Waals surface area contributed by atoms with Gasteiger partial charge >= 0.3 is 16.1 Å². The normalized spacial score (nSPS) is 12.5. The van der Waals surface area contributed by atoms with Gasteiger partial charge in [0.25, 0.3) is 0 Å². The molecular weight excluding hydrogens is 448 g/mol.